The maximum Gasteiger partial charge on any atom is 0.270 e. The number of amides is 1. The van der Waals surface area contributed by atoms with Crippen LogP contribution in [0.25, 0.3) is 11.6 Å². The summed E-state index contributed by atoms with van der Waals surface area (Å²) in [4.78, 5) is 26.3. The number of likely N-dealkylation sites (tertiary alicyclic amines) is 1. The van der Waals surface area contributed by atoms with Gasteiger partial charge in [0.05, 0.1) is 4.92 Å². The highest BCUT2D eigenvalue weighted by Crippen LogP contribution is 2.22. The van der Waals surface area contributed by atoms with E-state index in [1.807, 2.05) is 30.3 Å². The molecule has 3 aromatic carbocycles. The van der Waals surface area contributed by atoms with Crippen molar-refractivity contribution >= 4 is 23.2 Å². The van der Waals surface area contributed by atoms with Gasteiger partial charge >= 0.3 is 0 Å². The van der Waals surface area contributed by atoms with Gasteiger partial charge < -0.3 is 5.32 Å². The highest BCUT2D eigenvalue weighted by Gasteiger charge is 2.14. The van der Waals surface area contributed by atoms with Gasteiger partial charge in [-0.15, -0.1) is 0 Å². The second kappa shape index (κ2) is 10.7. The first-order chi connectivity index (χ1) is 16.1. The van der Waals surface area contributed by atoms with Crippen LogP contribution in [-0.2, 0) is 17.9 Å². The van der Waals surface area contributed by atoms with E-state index >= 15 is 0 Å². The summed E-state index contributed by atoms with van der Waals surface area (Å²) < 4.78 is 0. The minimum Gasteiger partial charge on any atom is -0.348 e. The molecule has 6 nitrogen and oxygen atoms in total. The van der Waals surface area contributed by atoms with Gasteiger partial charge in [-0.05, 0) is 54.3 Å². The molecule has 168 valence electrons. The van der Waals surface area contributed by atoms with E-state index in [1.54, 1.807) is 18.2 Å². The number of nitrogens with zero attached hydrogens (tertiary/aromatic N) is 2. The van der Waals surface area contributed by atoms with E-state index < -0.39 is 4.92 Å². The van der Waals surface area contributed by atoms with E-state index in [-0.39, 0.29) is 11.6 Å². The standard InChI is InChI=1S/C27H27N3O3/c31-27(28-19-21-11-13-22(14-12-21)20-29-15-4-5-16-29)26(24-8-2-1-3-9-24)18-23-7-6-10-25(17-23)30(32)33/h1-3,6-14,17-18H,4-5,15-16,19-20H2,(H,28,31)/b26-18+. The number of hydrogen-bond donors (Lipinski definition) is 1. The topological polar surface area (TPSA) is 75.5 Å². The van der Waals surface area contributed by atoms with Gasteiger partial charge in [-0.25, -0.2) is 0 Å². The van der Waals surface area contributed by atoms with Crippen LogP contribution < -0.4 is 5.32 Å². The average molecular weight is 442 g/mol. The largest absolute Gasteiger partial charge is 0.348 e. The predicted molar refractivity (Wildman–Crippen MR) is 130 cm³/mol. The fraction of sp³-hybridized carbons (Fsp3) is 0.222. The van der Waals surface area contributed by atoms with Crippen molar-refractivity contribution < 1.29 is 9.72 Å². The van der Waals surface area contributed by atoms with Crippen LogP contribution in [0.15, 0.2) is 78.9 Å². The fourth-order valence-corrected chi connectivity index (χ4v) is 4.03. The molecule has 4 rings (SSSR count). The van der Waals surface area contributed by atoms with Gasteiger partial charge in [-0.3, -0.25) is 19.8 Å². The molecule has 0 aromatic heterocycles. The highest BCUT2D eigenvalue weighted by atomic mass is 16.6. The number of carbonyl (C=O) groups is 1. The van der Waals surface area contributed by atoms with Crippen LogP contribution in [0, 0.1) is 10.1 Å². The third-order valence-electron chi connectivity index (χ3n) is 5.80. The van der Waals surface area contributed by atoms with Gasteiger partial charge in [0.15, 0.2) is 0 Å². The molecule has 0 aliphatic carbocycles. The van der Waals surface area contributed by atoms with E-state index in [9.17, 15) is 14.9 Å². The molecule has 1 N–H and O–H groups in total. The monoisotopic (exact) mass is 441 g/mol. The zero-order chi connectivity index (χ0) is 23.0. The molecule has 0 bridgehead atoms. The van der Waals surface area contributed by atoms with E-state index in [1.165, 1.54) is 30.5 Å². The molecule has 6 heteroatoms. The smallest absolute Gasteiger partial charge is 0.270 e. The van der Waals surface area contributed by atoms with Crippen molar-refractivity contribution in [2.75, 3.05) is 13.1 Å². The Morgan fingerprint density at radius 1 is 0.939 bits per heavy atom. The first-order valence-electron chi connectivity index (χ1n) is 11.2. The summed E-state index contributed by atoms with van der Waals surface area (Å²) in [7, 11) is 0. The summed E-state index contributed by atoms with van der Waals surface area (Å²) in [6.07, 6.45) is 4.24. The van der Waals surface area contributed by atoms with E-state index in [2.05, 4.69) is 34.5 Å². The summed E-state index contributed by atoms with van der Waals surface area (Å²) in [6.45, 7) is 3.70. The number of nitrogens with one attached hydrogen (secondary N) is 1. The SMILES string of the molecule is O=C(NCc1ccc(CN2CCCC2)cc1)/C(=C/c1cccc([N+](=O)[O-])c1)c1ccccc1. The predicted octanol–water partition coefficient (Wildman–Crippen LogP) is 5.05. The van der Waals surface area contributed by atoms with Crippen molar-refractivity contribution in [1.82, 2.24) is 10.2 Å². The second-order valence-corrected chi connectivity index (χ2v) is 8.26. The van der Waals surface area contributed by atoms with Gasteiger partial charge in [0, 0.05) is 30.8 Å². The molecule has 0 atom stereocenters. The summed E-state index contributed by atoms with van der Waals surface area (Å²) in [6, 6.07) is 24.0. The fourth-order valence-electron chi connectivity index (χ4n) is 4.03. The summed E-state index contributed by atoms with van der Waals surface area (Å²) in [5, 5.41) is 14.1. The molecular weight excluding hydrogens is 414 g/mol. The van der Waals surface area contributed by atoms with Crippen LogP contribution in [0.3, 0.4) is 0 Å². The van der Waals surface area contributed by atoms with Gasteiger partial charge in [-0.1, -0.05) is 66.7 Å². The zero-order valence-corrected chi connectivity index (χ0v) is 18.4. The summed E-state index contributed by atoms with van der Waals surface area (Å²) in [5.41, 5.74) is 4.11. The molecule has 1 amide bonds. The zero-order valence-electron chi connectivity index (χ0n) is 18.4. The first-order valence-corrected chi connectivity index (χ1v) is 11.2. The van der Waals surface area contributed by atoms with Gasteiger partial charge in [0.1, 0.15) is 0 Å². The number of benzene rings is 3. The lowest BCUT2D eigenvalue weighted by atomic mass is 10.0. The van der Waals surface area contributed by atoms with Crippen LogP contribution in [0.1, 0.15) is 35.1 Å². The lowest BCUT2D eigenvalue weighted by Gasteiger charge is -2.15. The minimum absolute atomic E-state index is 0.00871. The average Bonchev–Trinajstić information content (AvgIpc) is 3.36. The summed E-state index contributed by atoms with van der Waals surface area (Å²) >= 11 is 0. The molecule has 1 aliphatic rings. The van der Waals surface area contributed by atoms with Gasteiger partial charge in [0.2, 0.25) is 0 Å². The lowest BCUT2D eigenvalue weighted by molar-refractivity contribution is -0.384. The second-order valence-electron chi connectivity index (χ2n) is 8.26. The molecular formula is C27H27N3O3. The van der Waals surface area contributed by atoms with E-state index in [0.717, 1.165) is 30.8 Å². The molecule has 1 saturated heterocycles. The van der Waals surface area contributed by atoms with E-state index in [0.29, 0.717) is 17.7 Å². The number of nitro groups is 1. The van der Waals surface area contributed by atoms with Crippen LogP contribution in [0.5, 0.6) is 0 Å². The molecule has 1 aliphatic heterocycles. The number of hydrogen-bond acceptors (Lipinski definition) is 4. The van der Waals surface area contributed by atoms with Crippen LogP contribution in [0.2, 0.25) is 0 Å². The Labute approximate surface area is 193 Å². The van der Waals surface area contributed by atoms with Crippen molar-refractivity contribution in [2.24, 2.45) is 0 Å². The highest BCUT2D eigenvalue weighted by molar-refractivity contribution is 6.24. The molecule has 1 fully saturated rings. The van der Waals surface area contributed by atoms with Crippen molar-refractivity contribution in [3.05, 3.63) is 111 Å². The molecule has 0 spiro atoms. The van der Waals surface area contributed by atoms with Crippen molar-refractivity contribution in [2.45, 2.75) is 25.9 Å². The van der Waals surface area contributed by atoms with Gasteiger partial charge in [0.25, 0.3) is 11.6 Å². The van der Waals surface area contributed by atoms with Crippen molar-refractivity contribution in [3.63, 3.8) is 0 Å². The minimum atomic E-state index is -0.438. The normalized spacial score (nSPS) is 14.2. The lowest BCUT2D eigenvalue weighted by Crippen LogP contribution is -2.24. The Morgan fingerprint density at radius 3 is 2.33 bits per heavy atom. The van der Waals surface area contributed by atoms with Crippen molar-refractivity contribution in [3.8, 4) is 0 Å². The van der Waals surface area contributed by atoms with Crippen LogP contribution >= 0.6 is 0 Å². The van der Waals surface area contributed by atoms with Crippen LogP contribution in [0.4, 0.5) is 5.69 Å². The number of carbonyl (C=O) groups excluding carboxylic acids is 1. The van der Waals surface area contributed by atoms with Crippen molar-refractivity contribution in [1.29, 1.82) is 0 Å². The van der Waals surface area contributed by atoms with Crippen LogP contribution in [-0.4, -0.2) is 28.8 Å². The Morgan fingerprint density at radius 2 is 1.64 bits per heavy atom. The molecule has 1 heterocycles. The molecule has 3 aromatic rings. The molecule has 0 saturated carbocycles. The maximum atomic E-state index is 13.1. The number of nitro benzene ring substituents is 1. The first kappa shape index (κ1) is 22.4. The molecule has 33 heavy (non-hydrogen) atoms. The maximum absolute atomic E-state index is 13.1. The van der Waals surface area contributed by atoms with E-state index in [4.69, 9.17) is 0 Å². The Kier molecular flexibility index (Phi) is 7.27. The Balaban J connectivity index is 1.48. The molecule has 0 unspecified atom stereocenters. The quantitative estimate of drug-likeness (QED) is 0.230. The third-order valence-corrected chi connectivity index (χ3v) is 5.80. The number of non-ortho nitro benzene ring substituents is 1. The summed E-state index contributed by atoms with van der Waals surface area (Å²) in [5.74, 6) is -0.228. The third kappa shape index (κ3) is 6.14. The number of rotatable bonds is 8. The molecule has 0 radical (unpaired) electrons. The van der Waals surface area contributed by atoms with Gasteiger partial charge in [-0.2, -0.15) is 0 Å². The Hall–Kier alpha value is -3.77. The Bertz CT molecular complexity index is 1130.